The van der Waals surface area contributed by atoms with Gasteiger partial charge in [-0.2, -0.15) is 0 Å². The van der Waals surface area contributed by atoms with Crippen LogP contribution in [0.4, 0.5) is 0 Å². The molecule has 1 fully saturated rings. The van der Waals surface area contributed by atoms with Crippen molar-refractivity contribution in [2.45, 2.75) is 45.7 Å². The molecule has 1 heterocycles. The molecule has 4 unspecified atom stereocenters. The zero-order valence-corrected chi connectivity index (χ0v) is 13.1. The molecule has 114 valence electrons. The molecule has 0 bridgehead atoms. The van der Waals surface area contributed by atoms with Crippen molar-refractivity contribution in [1.82, 2.24) is 5.32 Å². The molecule has 6 heteroatoms. The van der Waals surface area contributed by atoms with E-state index in [1.165, 1.54) is 5.41 Å². The second kappa shape index (κ2) is 5.15. The fourth-order valence-corrected chi connectivity index (χ4v) is 4.50. The quantitative estimate of drug-likeness (QED) is 0.790. The Morgan fingerprint density at radius 1 is 1.35 bits per heavy atom. The average Bonchev–Trinajstić information content (AvgIpc) is 2.65. The van der Waals surface area contributed by atoms with Crippen LogP contribution in [0, 0.1) is 17.3 Å². The van der Waals surface area contributed by atoms with Crippen LogP contribution in [0.25, 0.3) is 0 Å². The van der Waals surface area contributed by atoms with Crippen molar-refractivity contribution >= 4 is 15.7 Å². The predicted octanol–water partition coefficient (Wildman–Crippen LogP) is 0.813. The molecule has 0 radical (unpaired) electrons. The standard InChI is InChI=1S/C14H24N2O3S/c1-9-12(15)5-4-11(14(9,2)3)13(17)16-10-6-7-20(18,19)8-10/h6-7,9-12H,4-5,8,15H2,1-3H3,(H,16,17). The van der Waals surface area contributed by atoms with Gasteiger partial charge in [-0.05, 0) is 30.3 Å². The number of nitrogens with two attached hydrogens (primary N) is 1. The summed E-state index contributed by atoms with van der Waals surface area (Å²) in [5.41, 5.74) is 5.92. The summed E-state index contributed by atoms with van der Waals surface area (Å²) in [5, 5.41) is 4.03. The molecular weight excluding hydrogens is 276 g/mol. The Hall–Kier alpha value is -0.880. The number of rotatable bonds is 2. The Balaban J connectivity index is 2.05. The normalized spacial score (nSPS) is 38.6. The molecular formula is C14H24N2O3S. The lowest BCUT2D eigenvalue weighted by Gasteiger charge is -2.46. The molecule has 5 nitrogen and oxygen atoms in total. The van der Waals surface area contributed by atoms with Crippen molar-refractivity contribution in [3.63, 3.8) is 0 Å². The molecule has 0 spiro atoms. The zero-order chi connectivity index (χ0) is 15.1. The van der Waals surface area contributed by atoms with Gasteiger partial charge in [0.15, 0.2) is 9.84 Å². The Bertz CT molecular complexity index is 525. The van der Waals surface area contributed by atoms with E-state index >= 15 is 0 Å². The first kappa shape index (κ1) is 15.5. The second-order valence-corrected chi connectivity index (χ2v) is 8.61. The summed E-state index contributed by atoms with van der Waals surface area (Å²) < 4.78 is 22.7. The van der Waals surface area contributed by atoms with E-state index in [2.05, 4.69) is 26.1 Å². The van der Waals surface area contributed by atoms with Crippen LogP contribution in [0.2, 0.25) is 0 Å². The predicted molar refractivity (Wildman–Crippen MR) is 78.5 cm³/mol. The highest BCUT2D eigenvalue weighted by atomic mass is 32.2. The van der Waals surface area contributed by atoms with Crippen LogP contribution in [0.3, 0.4) is 0 Å². The maximum Gasteiger partial charge on any atom is 0.224 e. The minimum atomic E-state index is -3.14. The van der Waals surface area contributed by atoms with Gasteiger partial charge in [0, 0.05) is 17.4 Å². The van der Waals surface area contributed by atoms with Gasteiger partial charge in [-0.1, -0.05) is 20.8 Å². The maximum absolute atomic E-state index is 12.5. The molecule has 2 aliphatic rings. The summed E-state index contributed by atoms with van der Waals surface area (Å²) >= 11 is 0. The highest BCUT2D eigenvalue weighted by Crippen LogP contribution is 2.44. The molecule has 20 heavy (non-hydrogen) atoms. The minimum absolute atomic E-state index is 0.0268. The highest BCUT2D eigenvalue weighted by molar-refractivity contribution is 7.94. The summed E-state index contributed by atoms with van der Waals surface area (Å²) in [6.45, 7) is 6.23. The van der Waals surface area contributed by atoms with Crippen molar-refractivity contribution < 1.29 is 13.2 Å². The van der Waals surface area contributed by atoms with Gasteiger partial charge in [-0.15, -0.1) is 0 Å². The number of amides is 1. The smallest absolute Gasteiger partial charge is 0.224 e. The van der Waals surface area contributed by atoms with Gasteiger partial charge < -0.3 is 11.1 Å². The highest BCUT2D eigenvalue weighted by Gasteiger charge is 2.45. The lowest BCUT2D eigenvalue weighted by molar-refractivity contribution is -0.132. The average molecular weight is 300 g/mol. The van der Waals surface area contributed by atoms with Gasteiger partial charge in [-0.25, -0.2) is 8.42 Å². The van der Waals surface area contributed by atoms with Gasteiger partial charge >= 0.3 is 0 Å². The van der Waals surface area contributed by atoms with Crippen LogP contribution in [-0.4, -0.2) is 32.2 Å². The van der Waals surface area contributed by atoms with E-state index in [-0.39, 0.29) is 35.0 Å². The van der Waals surface area contributed by atoms with Crippen LogP contribution in [-0.2, 0) is 14.6 Å². The molecule has 0 aromatic carbocycles. The number of carbonyl (C=O) groups excluding carboxylic acids is 1. The summed E-state index contributed by atoms with van der Waals surface area (Å²) in [4.78, 5) is 12.5. The largest absolute Gasteiger partial charge is 0.349 e. The lowest BCUT2D eigenvalue weighted by Crippen LogP contribution is -2.53. The van der Waals surface area contributed by atoms with E-state index in [4.69, 9.17) is 5.73 Å². The fourth-order valence-electron chi connectivity index (χ4n) is 3.27. The van der Waals surface area contributed by atoms with Gasteiger partial charge in [0.05, 0.1) is 11.8 Å². The van der Waals surface area contributed by atoms with E-state index in [1.54, 1.807) is 6.08 Å². The summed E-state index contributed by atoms with van der Waals surface area (Å²) in [5.74, 6) is 0.0605. The number of nitrogens with one attached hydrogen (secondary N) is 1. The van der Waals surface area contributed by atoms with Crippen LogP contribution in [0.1, 0.15) is 33.6 Å². The number of hydrogen-bond donors (Lipinski definition) is 2. The van der Waals surface area contributed by atoms with Crippen LogP contribution >= 0.6 is 0 Å². The van der Waals surface area contributed by atoms with E-state index in [0.29, 0.717) is 0 Å². The number of carbonyl (C=O) groups is 1. The molecule has 0 aromatic heterocycles. The molecule has 0 aromatic rings. The van der Waals surface area contributed by atoms with E-state index in [0.717, 1.165) is 12.8 Å². The zero-order valence-electron chi connectivity index (χ0n) is 12.3. The summed E-state index contributed by atoms with van der Waals surface area (Å²) in [7, 11) is -3.14. The second-order valence-electron chi connectivity index (χ2n) is 6.68. The first-order valence-electron chi connectivity index (χ1n) is 7.10. The van der Waals surface area contributed by atoms with Gasteiger partial charge in [0.2, 0.25) is 5.91 Å². The Labute approximate surface area is 120 Å². The molecule has 1 saturated carbocycles. The van der Waals surface area contributed by atoms with E-state index < -0.39 is 15.9 Å². The van der Waals surface area contributed by atoms with Crippen LogP contribution < -0.4 is 11.1 Å². The Kier molecular flexibility index (Phi) is 3.99. The summed E-state index contributed by atoms with van der Waals surface area (Å²) in [6, 6.07) is -0.269. The topological polar surface area (TPSA) is 89.3 Å². The molecule has 3 N–H and O–H groups in total. The lowest BCUT2D eigenvalue weighted by atomic mass is 9.61. The van der Waals surface area contributed by atoms with Gasteiger partial charge in [0.1, 0.15) is 0 Å². The molecule has 1 aliphatic carbocycles. The third-order valence-electron chi connectivity index (χ3n) is 5.08. The minimum Gasteiger partial charge on any atom is -0.349 e. The number of hydrogen-bond acceptors (Lipinski definition) is 4. The third kappa shape index (κ3) is 2.91. The molecule has 1 amide bonds. The third-order valence-corrected chi connectivity index (χ3v) is 6.47. The van der Waals surface area contributed by atoms with Crippen molar-refractivity contribution in [3.05, 3.63) is 11.5 Å². The fraction of sp³-hybridized carbons (Fsp3) is 0.786. The number of sulfone groups is 1. The molecule has 4 atom stereocenters. The molecule has 1 aliphatic heterocycles. The van der Waals surface area contributed by atoms with Gasteiger partial charge in [-0.3, -0.25) is 4.79 Å². The van der Waals surface area contributed by atoms with E-state index in [9.17, 15) is 13.2 Å². The van der Waals surface area contributed by atoms with E-state index in [1.807, 2.05) is 0 Å². The van der Waals surface area contributed by atoms with Crippen molar-refractivity contribution in [2.75, 3.05) is 5.75 Å². The van der Waals surface area contributed by atoms with Crippen LogP contribution in [0.5, 0.6) is 0 Å². The first-order chi connectivity index (χ1) is 9.13. The first-order valence-corrected chi connectivity index (χ1v) is 8.82. The summed E-state index contributed by atoms with van der Waals surface area (Å²) in [6.07, 6.45) is 3.15. The van der Waals surface area contributed by atoms with Crippen molar-refractivity contribution in [3.8, 4) is 0 Å². The SMILES string of the molecule is CC1C(N)CCC(C(=O)NC2C=CS(=O)(=O)C2)C1(C)C. The van der Waals surface area contributed by atoms with Crippen molar-refractivity contribution in [2.24, 2.45) is 23.0 Å². The van der Waals surface area contributed by atoms with Gasteiger partial charge in [0.25, 0.3) is 0 Å². The molecule has 0 saturated heterocycles. The Morgan fingerprint density at radius 2 is 2.00 bits per heavy atom. The van der Waals surface area contributed by atoms with Crippen LogP contribution in [0.15, 0.2) is 11.5 Å². The maximum atomic E-state index is 12.5. The monoisotopic (exact) mass is 300 g/mol. The molecule has 2 rings (SSSR count). The Morgan fingerprint density at radius 3 is 2.55 bits per heavy atom. The van der Waals surface area contributed by atoms with Crippen molar-refractivity contribution in [1.29, 1.82) is 0 Å².